The summed E-state index contributed by atoms with van der Waals surface area (Å²) in [5.41, 5.74) is -1.05. The number of amides is 1. The van der Waals surface area contributed by atoms with Gasteiger partial charge in [0.2, 0.25) is 0 Å². The number of nitrogens with one attached hydrogen (secondary N) is 1. The van der Waals surface area contributed by atoms with Crippen LogP contribution in [0.1, 0.15) is 12.8 Å². The van der Waals surface area contributed by atoms with E-state index in [0.717, 1.165) is 17.6 Å². The van der Waals surface area contributed by atoms with E-state index in [1.807, 2.05) is 0 Å². The summed E-state index contributed by atoms with van der Waals surface area (Å²) in [7, 11) is 0. The Bertz CT molecular complexity index is 463. The lowest BCUT2D eigenvalue weighted by atomic mass is 9.95. The number of thioether (sulfide) groups is 1. The quantitative estimate of drug-likeness (QED) is 0.880. The van der Waals surface area contributed by atoms with Crippen molar-refractivity contribution in [3.63, 3.8) is 0 Å². The smallest absolute Gasteiger partial charge is 0.256 e. The van der Waals surface area contributed by atoms with Gasteiger partial charge in [0.25, 0.3) is 5.91 Å². The number of carbonyl (C=O) groups excluding carboxylic acids is 1. The van der Waals surface area contributed by atoms with Gasteiger partial charge in [0.15, 0.2) is 0 Å². The van der Waals surface area contributed by atoms with Crippen molar-refractivity contribution in [2.45, 2.75) is 18.4 Å². The highest BCUT2D eigenvalue weighted by molar-refractivity contribution is 7.99. The second-order valence-electron chi connectivity index (χ2n) is 4.23. The van der Waals surface area contributed by atoms with Gasteiger partial charge in [0, 0.05) is 5.69 Å². The Labute approximate surface area is 114 Å². The molecule has 1 fully saturated rings. The van der Waals surface area contributed by atoms with Gasteiger partial charge in [0.05, 0.1) is 5.02 Å². The predicted molar refractivity (Wildman–Crippen MR) is 71.5 cm³/mol. The molecule has 2 rings (SSSR count). The number of rotatable bonds is 2. The molecular formula is C12H13ClFNO2S. The molecular weight excluding hydrogens is 277 g/mol. The number of hydrogen-bond acceptors (Lipinski definition) is 3. The second kappa shape index (κ2) is 5.47. The third kappa shape index (κ3) is 2.96. The third-order valence-electron chi connectivity index (χ3n) is 2.92. The zero-order chi connectivity index (χ0) is 13.2. The maximum absolute atomic E-state index is 13.2. The minimum Gasteiger partial charge on any atom is -0.380 e. The molecule has 3 nitrogen and oxygen atoms in total. The highest BCUT2D eigenvalue weighted by Crippen LogP contribution is 2.28. The molecule has 1 heterocycles. The van der Waals surface area contributed by atoms with E-state index in [9.17, 15) is 14.3 Å². The van der Waals surface area contributed by atoms with E-state index in [1.54, 1.807) is 11.8 Å². The van der Waals surface area contributed by atoms with E-state index in [4.69, 9.17) is 11.6 Å². The van der Waals surface area contributed by atoms with E-state index >= 15 is 0 Å². The fourth-order valence-corrected chi connectivity index (χ4v) is 3.04. The van der Waals surface area contributed by atoms with Gasteiger partial charge in [0.1, 0.15) is 11.4 Å². The first-order valence-electron chi connectivity index (χ1n) is 5.58. The van der Waals surface area contributed by atoms with Crippen LogP contribution in [0.15, 0.2) is 18.2 Å². The van der Waals surface area contributed by atoms with Gasteiger partial charge in [-0.3, -0.25) is 4.79 Å². The Morgan fingerprint density at radius 1 is 1.44 bits per heavy atom. The van der Waals surface area contributed by atoms with Gasteiger partial charge in [-0.05, 0) is 42.5 Å². The standard InChI is InChI=1S/C12H13ClFNO2S/c13-9-2-1-8(7-10(9)14)15-11(16)12(17)3-5-18-6-4-12/h1-2,7,17H,3-6H2,(H,15,16). The highest BCUT2D eigenvalue weighted by Gasteiger charge is 2.37. The molecule has 2 N–H and O–H groups in total. The third-order valence-corrected chi connectivity index (χ3v) is 4.21. The lowest BCUT2D eigenvalue weighted by molar-refractivity contribution is -0.134. The highest BCUT2D eigenvalue weighted by atomic mass is 35.5. The summed E-state index contributed by atoms with van der Waals surface area (Å²) >= 11 is 7.26. The zero-order valence-corrected chi connectivity index (χ0v) is 11.2. The van der Waals surface area contributed by atoms with E-state index < -0.39 is 17.3 Å². The van der Waals surface area contributed by atoms with E-state index in [-0.39, 0.29) is 5.02 Å². The molecule has 0 aromatic heterocycles. The summed E-state index contributed by atoms with van der Waals surface area (Å²) in [5.74, 6) is 0.419. The number of benzene rings is 1. The summed E-state index contributed by atoms with van der Waals surface area (Å²) in [5, 5.41) is 12.7. The fraction of sp³-hybridized carbons (Fsp3) is 0.417. The maximum Gasteiger partial charge on any atom is 0.256 e. The first-order chi connectivity index (χ1) is 8.51. The minimum atomic E-state index is -1.35. The van der Waals surface area contributed by atoms with Crippen molar-refractivity contribution in [1.82, 2.24) is 0 Å². The van der Waals surface area contributed by atoms with Crippen LogP contribution in [-0.4, -0.2) is 28.1 Å². The summed E-state index contributed by atoms with van der Waals surface area (Å²) in [4.78, 5) is 12.0. The van der Waals surface area contributed by atoms with Crippen LogP contribution >= 0.6 is 23.4 Å². The minimum absolute atomic E-state index is 0.000720. The van der Waals surface area contributed by atoms with Crippen LogP contribution in [0.5, 0.6) is 0 Å². The maximum atomic E-state index is 13.2. The molecule has 1 aromatic carbocycles. The Morgan fingerprint density at radius 2 is 2.11 bits per heavy atom. The second-order valence-corrected chi connectivity index (χ2v) is 5.86. The molecule has 0 unspecified atom stereocenters. The van der Waals surface area contributed by atoms with Gasteiger partial charge < -0.3 is 10.4 Å². The van der Waals surface area contributed by atoms with Gasteiger partial charge >= 0.3 is 0 Å². The number of aliphatic hydroxyl groups is 1. The van der Waals surface area contributed by atoms with Crippen molar-refractivity contribution in [1.29, 1.82) is 0 Å². The van der Waals surface area contributed by atoms with Crippen molar-refractivity contribution in [3.8, 4) is 0 Å². The summed E-state index contributed by atoms with van der Waals surface area (Å²) in [6.45, 7) is 0. The predicted octanol–water partition coefficient (Wildman–Crippen LogP) is 2.68. The average Bonchev–Trinajstić information content (AvgIpc) is 2.35. The first kappa shape index (κ1) is 13.6. The first-order valence-corrected chi connectivity index (χ1v) is 7.11. The summed E-state index contributed by atoms with van der Waals surface area (Å²) in [6.07, 6.45) is 0.832. The molecule has 1 aliphatic rings. The Balaban J connectivity index is 2.08. The topological polar surface area (TPSA) is 49.3 Å². The number of hydrogen-bond donors (Lipinski definition) is 2. The molecule has 1 saturated heterocycles. The SMILES string of the molecule is O=C(Nc1ccc(Cl)c(F)c1)C1(O)CCSCC1. The van der Waals surface area contributed by atoms with Crippen LogP contribution in [0.25, 0.3) is 0 Å². The summed E-state index contributed by atoms with van der Waals surface area (Å²) < 4.78 is 13.2. The van der Waals surface area contributed by atoms with Crippen LogP contribution < -0.4 is 5.32 Å². The normalized spacial score (nSPS) is 18.4. The van der Waals surface area contributed by atoms with Crippen LogP contribution in [0.4, 0.5) is 10.1 Å². The molecule has 0 radical (unpaired) electrons. The van der Waals surface area contributed by atoms with E-state index in [1.165, 1.54) is 12.1 Å². The largest absolute Gasteiger partial charge is 0.380 e. The van der Waals surface area contributed by atoms with E-state index in [2.05, 4.69) is 5.32 Å². The fourth-order valence-electron chi connectivity index (χ4n) is 1.76. The van der Waals surface area contributed by atoms with Crippen LogP contribution in [0, 0.1) is 5.82 Å². The Kier molecular flexibility index (Phi) is 4.14. The number of anilines is 1. The molecule has 1 amide bonds. The van der Waals surface area contributed by atoms with Crippen molar-refractivity contribution < 1.29 is 14.3 Å². The van der Waals surface area contributed by atoms with E-state index in [0.29, 0.717) is 18.5 Å². The van der Waals surface area contributed by atoms with Gasteiger partial charge in [-0.2, -0.15) is 11.8 Å². The van der Waals surface area contributed by atoms with Crippen LogP contribution in [0.3, 0.4) is 0 Å². The molecule has 0 spiro atoms. The van der Waals surface area contributed by atoms with Crippen molar-refractivity contribution in [2.24, 2.45) is 0 Å². The molecule has 0 saturated carbocycles. The molecule has 98 valence electrons. The monoisotopic (exact) mass is 289 g/mol. The summed E-state index contributed by atoms with van der Waals surface area (Å²) in [6, 6.07) is 4.01. The van der Waals surface area contributed by atoms with Crippen LogP contribution in [0.2, 0.25) is 5.02 Å². The molecule has 0 aliphatic carbocycles. The zero-order valence-electron chi connectivity index (χ0n) is 9.58. The molecule has 0 bridgehead atoms. The molecule has 0 atom stereocenters. The van der Waals surface area contributed by atoms with Crippen molar-refractivity contribution in [2.75, 3.05) is 16.8 Å². The lowest BCUT2D eigenvalue weighted by Gasteiger charge is -2.30. The number of halogens is 2. The van der Waals surface area contributed by atoms with Crippen molar-refractivity contribution in [3.05, 3.63) is 29.0 Å². The van der Waals surface area contributed by atoms with Crippen molar-refractivity contribution >= 4 is 35.0 Å². The Hall–Kier alpha value is -0.780. The van der Waals surface area contributed by atoms with Gasteiger partial charge in [-0.1, -0.05) is 11.6 Å². The van der Waals surface area contributed by atoms with Gasteiger partial charge in [-0.15, -0.1) is 0 Å². The molecule has 6 heteroatoms. The molecule has 1 aromatic rings. The number of carbonyl (C=O) groups is 1. The average molecular weight is 290 g/mol. The molecule has 18 heavy (non-hydrogen) atoms. The molecule has 1 aliphatic heterocycles. The van der Waals surface area contributed by atoms with Gasteiger partial charge in [-0.25, -0.2) is 4.39 Å². The van der Waals surface area contributed by atoms with Crippen LogP contribution in [-0.2, 0) is 4.79 Å². The lowest BCUT2D eigenvalue weighted by Crippen LogP contribution is -2.45. The Morgan fingerprint density at radius 3 is 2.72 bits per heavy atom.